The lowest BCUT2D eigenvalue weighted by Crippen LogP contribution is -2.34. The van der Waals surface area contributed by atoms with E-state index in [-0.39, 0.29) is 17.8 Å². The molecule has 1 saturated heterocycles. The largest absolute Gasteiger partial charge is 0.330 e. The minimum atomic E-state index is -3.49. The number of fused-ring (bicyclic) bond motifs is 1. The molecule has 1 atom stereocenters. The second-order valence-electron chi connectivity index (χ2n) is 5.84. The van der Waals surface area contributed by atoms with Gasteiger partial charge >= 0.3 is 0 Å². The average molecular weight is 381 g/mol. The third-order valence-corrected chi connectivity index (χ3v) is 7.37. The first-order valence-electron chi connectivity index (χ1n) is 6.73. The highest BCUT2D eigenvalue weighted by Crippen LogP contribution is 2.37. The lowest BCUT2D eigenvalue weighted by atomic mass is 9.90. The Labute approximate surface area is 145 Å². The van der Waals surface area contributed by atoms with Gasteiger partial charge < -0.3 is 5.73 Å². The monoisotopic (exact) mass is 380 g/mol. The molecule has 0 aliphatic carbocycles. The van der Waals surface area contributed by atoms with E-state index < -0.39 is 10.0 Å². The van der Waals surface area contributed by atoms with E-state index >= 15 is 0 Å². The molecule has 4 nitrogen and oxygen atoms in total. The molecule has 0 spiro atoms. The van der Waals surface area contributed by atoms with Crippen molar-refractivity contribution in [3.8, 4) is 0 Å². The highest BCUT2D eigenvalue weighted by Gasteiger charge is 2.39. The van der Waals surface area contributed by atoms with Crippen LogP contribution in [0.4, 0.5) is 0 Å². The van der Waals surface area contributed by atoms with E-state index in [2.05, 4.69) is 0 Å². The van der Waals surface area contributed by atoms with E-state index in [0.717, 1.165) is 11.1 Å². The molecule has 1 unspecified atom stereocenters. The number of benzene rings is 1. The molecule has 1 aliphatic heterocycles. The third kappa shape index (κ3) is 3.00. The summed E-state index contributed by atoms with van der Waals surface area (Å²) in [5.41, 5.74) is 5.64. The molecule has 3 rings (SSSR count). The number of rotatable bonds is 3. The van der Waals surface area contributed by atoms with Gasteiger partial charge in [-0.25, -0.2) is 8.42 Å². The van der Waals surface area contributed by atoms with Gasteiger partial charge in [-0.05, 0) is 36.6 Å². The van der Waals surface area contributed by atoms with Crippen molar-refractivity contribution < 1.29 is 8.42 Å². The lowest BCUT2D eigenvalue weighted by Gasteiger charge is -2.22. The van der Waals surface area contributed by atoms with E-state index in [4.69, 9.17) is 17.3 Å². The smallest absolute Gasteiger partial charge is 0.244 e. The summed E-state index contributed by atoms with van der Waals surface area (Å²) in [5, 5.41) is 2.95. The van der Waals surface area contributed by atoms with Crippen LogP contribution < -0.4 is 5.73 Å². The molecule has 0 bridgehead atoms. The number of hydrogen-bond donors (Lipinski definition) is 1. The average Bonchev–Trinajstić information content (AvgIpc) is 3.03. The van der Waals surface area contributed by atoms with Crippen molar-refractivity contribution in [3.63, 3.8) is 0 Å². The molecule has 1 aromatic carbocycles. The van der Waals surface area contributed by atoms with Gasteiger partial charge in [-0.15, -0.1) is 23.7 Å². The summed E-state index contributed by atoms with van der Waals surface area (Å²) < 4.78 is 28.2. The molecule has 22 heavy (non-hydrogen) atoms. The van der Waals surface area contributed by atoms with Crippen LogP contribution in [0, 0.1) is 5.41 Å². The minimum absolute atomic E-state index is 0. The minimum Gasteiger partial charge on any atom is -0.330 e. The Bertz CT molecular complexity index is 791. The van der Waals surface area contributed by atoms with Crippen molar-refractivity contribution in [2.24, 2.45) is 11.1 Å². The molecule has 1 aromatic heterocycles. The number of hydrogen-bond acceptors (Lipinski definition) is 4. The molecule has 2 heterocycles. The first kappa shape index (κ1) is 18.0. The molecule has 0 amide bonds. The van der Waals surface area contributed by atoms with Crippen LogP contribution in [0.15, 0.2) is 28.5 Å². The number of nitrogens with two attached hydrogens (primary N) is 1. The van der Waals surface area contributed by atoms with Gasteiger partial charge in [0.15, 0.2) is 0 Å². The summed E-state index contributed by atoms with van der Waals surface area (Å²) >= 11 is 7.43. The fraction of sp³-hybridized carbons (Fsp3) is 0.429. The first-order chi connectivity index (χ1) is 9.86. The van der Waals surface area contributed by atoms with Crippen molar-refractivity contribution >= 4 is 55.5 Å². The third-order valence-electron chi connectivity index (χ3n) is 4.13. The van der Waals surface area contributed by atoms with Crippen LogP contribution in [0.5, 0.6) is 0 Å². The number of sulfonamides is 1. The summed E-state index contributed by atoms with van der Waals surface area (Å²) in [5.74, 6) is 0. The summed E-state index contributed by atoms with van der Waals surface area (Å²) in [4.78, 5) is 0.353. The summed E-state index contributed by atoms with van der Waals surface area (Å²) in [6.45, 7) is 3.53. The van der Waals surface area contributed by atoms with Crippen LogP contribution in [0.1, 0.15) is 13.3 Å². The fourth-order valence-electron chi connectivity index (χ4n) is 2.67. The van der Waals surface area contributed by atoms with Crippen LogP contribution >= 0.6 is 35.3 Å². The predicted molar refractivity (Wildman–Crippen MR) is 94.6 cm³/mol. The summed E-state index contributed by atoms with van der Waals surface area (Å²) in [7, 11) is -3.49. The van der Waals surface area contributed by atoms with Gasteiger partial charge in [0.2, 0.25) is 10.0 Å². The second kappa shape index (κ2) is 6.26. The Morgan fingerprint density at radius 1 is 1.45 bits per heavy atom. The SMILES string of the molecule is CC1(CN)CCN(S(=O)(=O)c2csc3ccc(Cl)cc23)C1.Cl. The zero-order valence-corrected chi connectivity index (χ0v) is 15.3. The van der Waals surface area contributed by atoms with Gasteiger partial charge in [0.1, 0.15) is 4.90 Å². The van der Waals surface area contributed by atoms with E-state index in [1.807, 2.05) is 13.0 Å². The summed E-state index contributed by atoms with van der Waals surface area (Å²) in [6, 6.07) is 5.35. The number of halogens is 2. The van der Waals surface area contributed by atoms with Gasteiger partial charge in [-0.1, -0.05) is 18.5 Å². The molecule has 2 N–H and O–H groups in total. The van der Waals surface area contributed by atoms with Crippen LogP contribution in [0.25, 0.3) is 10.1 Å². The number of thiophene rings is 1. The van der Waals surface area contributed by atoms with Crippen molar-refractivity contribution in [2.45, 2.75) is 18.2 Å². The zero-order valence-electron chi connectivity index (χ0n) is 12.1. The second-order valence-corrected chi connectivity index (χ2v) is 9.10. The van der Waals surface area contributed by atoms with Crippen molar-refractivity contribution in [1.29, 1.82) is 0 Å². The lowest BCUT2D eigenvalue weighted by molar-refractivity contribution is 0.350. The van der Waals surface area contributed by atoms with E-state index in [1.165, 1.54) is 11.3 Å². The van der Waals surface area contributed by atoms with Crippen molar-refractivity contribution in [1.82, 2.24) is 4.31 Å². The highest BCUT2D eigenvalue weighted by molar-refractivity contribution is 7.89. The van der Waals surface area contributed by atoms with Crippen LogP contribution in [-0.2, 0) is 10.0 Å². The normalized spacial score (nSPS) is 22.9. The molecular weight excluding hydrogens is 363 g/mol. The molecule has 8 heteroatoms. The van der Waals surface area contributed by atoms with Crippen LogP contribution in [0.3, 0.4) is 0 Å². The Kier molecular flexibility index (Phi) is 5.12. The van der Waals surface area contributed by atoms with Gasteiger partial charge in [-0.2, -0.15) is 4.31 Å². The Balaban J connectivity index is 0.00000176. The Hall–Kier alpha value is -0.370. The van der Waals surface area contributed by atoms with Gasteiger partial charge in [0, 0.05) is 33.6 Å². The first-order valence-corrected chi connectivity index (χ1v) is 9.42. The van der Waals surface area contributed by atoms with Crippen molar-refractivity contribution in [3.05, 3.63) is 28.6 Å². The van der Waals surface area contributed by atoms with Gasteiger partial charge in [0.05, 0.1) is 0 Å². The highest BCUT2D eigenvalue weighted by atomic mass is 35.5. The quantitative estimate of drug-likeness (QED) is 0.887. The maximum atomic E-state index is 12.9. The van der Waals surface area contributed by atoms with Crippen LogP contribution in [-0.4, -0.2) is 32.4 Å². The maximum absolute atomic E-state index is 12.9. The molecule has 0 saturated carbocycles. The zero-order chi connectivity index (χ0) is 15.3. The fourth-order valence-corrected chi connectivity index (χ4v) is 5.88. The van der Waals surface area contributed by atoms with Crippen LogP contribution in [0.2, 0.25) is 5.02 Å². The van der Waals surface area contributed by atoms with E-state index in [0.29, 0.717) is 34.9 Å². The molecule has 0 radical (unpaired) electrons. The molecule has 1 fully saturated rings. The topological polar surface area (TPSA) is 63.4 Å². The Morgan fingerprint density at radius 3 is 2.82 bits per heavy atom. The van der Waals surface area contributed by atoms with E-state index in [1.54, 1.807) is 21.8 Å². The van der Waals surface area contributed by atoms with Crippen molar-refractivity contribution in [2.75, 3.05) is 19.6 Å². The van der Waals surface area contributed by atoms with Gasteiger partial charge in [-0.3, -0.25) is 0 Å². The Morgan fingerprint density at radius 2 is 2.18 bits per heavy atom. The maximum Gasteiger partial charge on any atom is 0.244 e. The molecule has 2 aromatic rings. The summed E-state index contributed by atoms with van der Waals surface area (Å²) in [6.07, 6.45) is 0.797. The van der Waals surface area contributed by atoms with Gasteiger partial charge in [0.25, 0.3) is 0 Å². The molecule has 1 aliphatic rings. The van der Waals surface area contributed by atoms with E-state index in [9.17, 15) is 8.42 Å². The molecule has 122 valence electrons. The number of nitrogens with zero attached hydrogens (tertiary/aromatic N) is 1. The predicted octanol–water partition coefficient (Wildman–Crippen LogP) is 3.34. The molecular formula is C14H18Cl2N2O2S2. The standard InChI is InChI=1S/C14H17ClN2O2S2.ClH/c1-14(8-16)4-5-17(9-14)21(18,19)13-7-20-12-3-2-10(15)6-11(12)13;/h2-3,6-7H,4-5,8-9,16H2,1H3;1H.